The van der Waals surface area contributed by atoms with Gasteiger partial charge in [-0.2, -0.15) is 0 Å². The van der Waals surface area contributed by atoms with E-state index in [1.54, 1.807) is 6.92 Å². The van der Waals surface area contributed by atoms with Gasteiger partial charge in [-0.15, -0.1) is 0 Å². The third-order valence-corrected chi connectivity index (χ3v) is 13.2. The third-order valence-electron chi connectivity index (χ3n) is 13.2. The predicted octanol–water partition coefficient (Wildman–Crippen LogP) is 2.18. The Morgan fingerprint density at radius 1 is 1.05 bits per heavy atom. The standard InChI is InChI=1S/C32H53N2O3.BrH/c1-5-16-34(17-8-9-18-34)28-20-26-24-11-10-23-19-29(36)27(33-14-6-7-15-33)21-32(23,4)25(24)12-13-31(26,3)30(28)37-22(2)35;/h5,23-30,36H,1,6-21H2,2-4H3;1H/q+1;/p-1/t23-,24+,25-,26-,27-,28-,29-,30-,31-,32-;/m0./s1. The van der Waals surface area contributed by atoms with Crippen molar-refractivity contribution in [3.8, 4) is 0 Å². The van der Waals surface area contributed by atoms with Crippen LogP contribution in [0, 0.1) is 34.5 Å². The number of fused-ring (bicyclic) bond motifs is 5. The largest absolute Gasteiger partial charge is 1.00 e. The van der Waals surface area contributed by atoms with Gasteiger partial charge in [-0.05, 0) is 99.6 Å². The number of nitrogens with zero attached hydrogens (tertiary/aromatic N) is 2. The Hall–Kier alpha value is -0.430. The van der Waals surface area contributed by atoms with E-state index < -0.39 is 0 Å². The fourth-order valence-electron chi connectivity index (χ4n) is 11.5. The lowest BCUT2D eigenvalue weighted by molar-refractivity contribution is -0.937. The van der Waals surface area contributed by atoms with Gasteiger partial charge in [0.15, 0.2) is 6.10 Å². The minimum Gasteiger partial charge on any atom is -1.00 e. The van der Waals surface area contributed by atoms with E-state index in [4.69, 9.17) is 4.74 Å². The quantitative estimate of drug-likeness (QED) is 0.302. The molecule has 4 aliphatic carbocycles. The monoisotopic (exact) mass is 592 g/mol. The van der Waals surface area contributed by atoms with Crippen molar-refractivity contribution in [1.82, 2.24) is 4.90 Å². The molecule has 1 N–H and O–H groups in total. The molecule has 2 aliphatic heterocycles. The number of halogens is 1. The Kier molecular flexibility index (Phi) is 8.23. The molecule has 6 rings (SSSR count). The van der Waals surface area contributed by atoms with E-state index in [2.05, 4.69) is 31.4 Å². The fourth-order valence-corrected chi connectivity index (χ4v) is 11.5. The molecule has 2 saturated heterocycles. The number of aliphatic hydroxyl groups excluding tert-OH is 1. The molecule has 0 spiro atoms. The first-order chi connectivity index (χ1) is 17.7. The highest BCUT2D eigenvalue weighted by Gasteiger charge is 2.67. The molecule has 5 nitrogen and oxygen atoms in total. The summed E-state index contributed by atoms with van der Waals surface area (Å²) in [7, 11) is 0. The van der Waals surface area contributed by atoms with Crippen LogP contribution in [0.2, 0.25) is 0 Å². The third kappa shape index (κ3) is 4.47. The van der Waals surface area contributed by atoms with E-state index in [1.807, 2.05) is 0 Å². The van der Waals surface area contributed by atoms with E-state index in [9.17, 15) is 9.90 Å². The fraction of sp³-hybridized carbons (Fsp3) is 0.906. The minimum atomic E-state index is -0.149. The number of carbonyl (C=O) groups is 1. The van der Waals surface area contributed by atoms with Crippen LogP contribution in [-0.4, -0.2) is 77.5 Å². The molecule has 0 bridgehead atoms. The highest BCUT2D eigenvalue weighted by molar-refractivity contribution is 5.66. The summed E-state index contributed by atoms with van der Waals surface area (Å²) in [4.78, 5) is 15.1. The predicted molar refractivity (Wildman–Crippen MR) is 147 cm³/mol. The zero-order valence-electron chi connectivity index (χ0n) is 24.3. The van der Waals surface area contributed by atoms with Gasteiger partial charge < -0.3 is 31.3 Å². The van der Waals surface area contributed by atoms with Gasteiger partial charge in [0.1, 0.15) is 6.04 Å². The normalized spacial score (nSPS) is 47.9. The highest BCUT2D eigenvalue weighted by atomic mass is 79.9. The molecule has 6 aliphatic rings. The molecule has 6 fully saturated rings. The van der Waals surface area contributed by atoms with Crippen molar-refractivity contribution in [3.63, 3.8) is 0 Å². The van der Waals surface area contributed by atoms with Gasteiger partial charge in [0.25, 0.3) is 0 Å². The van der Waals surface area contributed by atoms with Gasteiger partial charge in [0.2, 0.25) is 0 Å². The molecule has 38 heavy (non-hydrogen) atoms. The van der Waals surface area contributed by atoms with Crippen molar-refractivity contribution in [3.05, 3.63) is 12.7 Å². The Morgan fingerprint density at radius 2 is 1.76 bits per heavy atom. The zero-order valence-corrected chi connectivity index (χ0v) is 25.8. The average Bonchev–Trinajstić information content (AvgIpc) is 3.60. The van der Waals surface area contributed by atoms with Crippen LogP contribution in [0.1, 0.15) is 91.4 Å². The van der Waals surface area contributed by atoms with Gasteiger partial charge in [-0.3, -0.25) is 9.69 Å². The van der Waals surface area contributed by atoms with Crippen LogP contribution in [0.15, 0.2) is 12.7 Å². The summed E-state index contributed by atoms with van der Waals surface area (Å²) in [6, 6.07) is 0.765. The number of quaternary nitrogens is 1. The summed E-state index contributed by atoms with van der Waals surface area (Å²) in [6.45, 7) is 16.7. The van der Waals surface area contributed by atoms with Crippen molar-refractivity contribution in [2.45, 2.75) is 116 Å². The molecule has 216 valence electrons. The Labute approximate surface area is 242 Å². The molecular formula is C32H53BrN2O3. The molecule has 0 aromatic rings. The summed E-state index contributed by atoms with van der Waals surface area (Å²) in [6.07, 6.45) is 15.6. The number of hydrogen-bond donors (Lipinski definition) is 1. The maximum Gasteiger partial charge on any atom is 0.303 e. The van der Waals surface area contributed by atoms with Crippen molar-refractivity contribution in [1.29, 1.82) is 0 Å². The number of rotatable bonds is 5. The lowest BCUT2D eigenvalue weighted by Gasteiger charge is -2.62. The van der Waals surface area contributed by atoms with Crippen LogP contribution in [0.25, 0.3) is 0 Å². The van der Waals surface area contributed by atoms with Gasteiger partial charge >= 0.3 is 5.97 Å². The Bertz CT molecular complexity index is 886. The van der Waals surface area contributed by atoms with E-state index >= 15 is 0 Å². The molecular weight excluding hydrogens is 540 g/mol. The Balaban J connectivity index is 0.00000294. The van der Waals surface area contributed by atoms with Crippen LogP contribution >= 0.6 is 0 Å². The number of aliphatic hydroxyl groups is 1. The first-order valence-electron chi connectivity index (χ1n) is 15.8. The van der Waals surface area contributed by atoms with Crippen molar-refractivity contribution < 1.29 is 36.1 Å². The number of esters is 1. The molecule has 4 saturated carbocycles. The van der Waals surface area contributed by atoms with Crippen LogP contribution in [-0.2, 0) is 9.53 Å². The van der Waals surface area contributed by atoms with Crippen LogP contribution in [0.3, 0.4) is 0 Å². The van der Waals surface area contributed by atoms with Gasteiger partial charge in [-0.1, -0.05) is 20.4 Å². The van der Waals surface area contributed by atoms with Gasteiger partial charge in [0, 0.05) is 37.6 Å². The average molecular weight is 594 g/mol. The van der Waals surface area contributed by atoms with Crippen LogP contribution in [0.5, 0.6) is 0 Å². The molecule has 0 unspecified atom stereocenters. The van der Waals surface area contributed by atoms with Crippen LogP contribution < -0.4 is 17.0 Å². The summed E-state index contributed by atoms with van der Waals surface area (Å²) >= 11 is 0. The number of carbonyl (C=O) groups excluding carboxylic acids is 1. The molecule has 10 atom stereocenters. The lowest BCUT2D eigenvalue weighted by Crippen LogP contribution is -3.00. The molecule has 0 aromatic heterocycles. The highest BCUT2D eigenvalue weighted by Crippen LogP contribution is 2.67. The summed E-state index contributed by atoms with van der Waals surface area (Å²) in [5.41, 5.74) is 0.408. The van der Waals surface area contributed by atoms with Crippen LogP contribution in [0.4, 0.5) is 0 Å². The SMILES string of the molecule is C=CC[N+]1([C@H]2C[C@H]3[C@@H]4CC[C@H]5C[C@H](O)[C@@H](N6CCCC6)C[C@]5(C)[C@H]4CC[C@]3(C)[C@H]2OC(C)=O)CCCC1.[Br-]. The number of hydrogen-bond acceptors (Lipinski definition) is 4. The number of ether oxygens (including phenoxy) is 1. The van der Waals surface area contributed by atoms with E-state index in [0.29, 0.717) is 29.3 Å². The molecule has 6 heteroatoms. The summed E-state index contributed by atoms with van der Waals surface area (Å²) in [5, 5.41) is 11.2. The lowest BCUT2D eigenvalue weighted by atomic mass is 9.44. The van der Waals surface area contributed by atoms with E-state index in [0.717, 1.165) is 29.3 Å². The van der Waals surface area contributed by atoms with Gasteiger partial charge in [0.05, 0.1) is 25.7 Å². The van der Waals surface area contributed by atoms with Crippen molar-refractivity contribution in [2.75, 3.05) is 32.7 Å². The number of likely N-dealkylation sites (tertiary alicyclic amines) is 2. The maximum absolute atomic E-state index is 12.5. The van der Waals surface area contributed by atoms with Gasteiger partial charge in [-0.25, -0.2) is 0 Å². The van der Waals surface area contributed by atoms with E-state index in [-0.39, 0.29) is 40.6 Å². The minimum absolute atomic E-state index is 0. The molecule has 2 heterocycles. The Morgan fingerprint density at radius 3 is 2.42 bits per heavy atom. The molecule has 0 aromatic carbocycles. The first kappa shape index (κ1) is 29.1. The molecule has 0 amide bonds. The second kappa shape index (κ2) is 10.8. The topological polar surface area (TPSA) is 49.8 Å². The maximum atomic E-state index is 12.5. The summed E-state index contributed by atoms with van der Waals surface area (Å²) in [5.74, 6) is 2.66. The zero-order chi connectivity index (χ0) is 26.0. The van der Waals surface area contributed by atoms with E-state index in [1.165, 1.54) is 90.4 Å². The first-order valence-corrected chi connectivity index (χ1v) is 15.8. The van der Waals surface area contributed by atoms with Crippen molar-refractivity contribution >= 4 is 5.97 Å². The summed E-state index contributed by atoms with van der Waals surface area (Å²) < 4.78 is 7.45. The molecule has 0 radical (unpaired) electrons. The van der Waals surface area contributed by atoms with Crippen molar-refractivity contribution in [2.24, 2.45) is 34.5 Å². The smallest absolute Gasteiger partial charge is 0.303 e. The second-order valence-electron chi connectivity index (χ2n) is 14.7. The second-order valence-corrected chi connectivity index (χ2v) is 14.7.